The molecule has 0 aliphatic carbocycles. The van der Waals surface area contributed by atoms with Crippen LogP contribution in [0.25, 0.3) is 5.69 Å². The van der Waals surface area contributed by atoms with Gasteiger partial charge in [0.15, 0.2) is 5.16 Å². The van der Waals surface area contributed by atoms with Gasteiger partial charge in [-0.15, -0.1) is 21.5 Å². The minimum Gasteiger partial charge on any atom is -0.378 e. The summed E-state index contributed by atoms with van der Waals surface area (Å²) in [5, 5.41) is 13.2. The lowest BCUT2D eigenvalue weighted by molar-refractivity contribution is 0.122. The highest BCUT2D eigenvalue weighted by Gasteiger charge is 2.23. The molecule has 0 saturated carbocycles. The van der Waals surface area contributed by atoms with Gasteiger partial charge in [-0.05, 0) is 25.0 Å². The van der Waals surface area contributed by atoms with Crippen molar-refractivity contribution in [2.75, 3.05) is 31.2 Å². The second-order valence-electron chi connectivity index (χ2n) is 6.35. The lowest BCUT2D eigenvalue weighted by Crippen LogP contribution is -2.38. The number of thioether (sulfide) groups is 1. The fraction of sp³-hybridized carbons (Fsp3) is 0.421. The van der Waals surface area contributed by atoms with Gasteiger partial charge in [-0.25, -0.2) is 4.98 Å². The SMILES string of the molecule is CCc1ccccc1-n1c(SCc2csc(C)n2)nnc1N1CCOCC1. The first-order valence-electron chi connectivity index (χ1n) is 9.16. The zero-order valence-electron chi connectivity index (χ0n) is 15.6. The molecule has 1 aliphatic rings. The first-order chi connectivity index (χ1) is 13.3. The van der Waals surface area contributed by atoms with Gasteiger partial charge < -0.3 is 9.64 Å². The predicted octanol–water partition coefficient (Wildman–Crippen LogP) is 3.72. The molecule has 27 heavy (non-hydrogen) atoms. The molecule has 0 bridgehead atoms. The van der Waals surface area contributed by atoms with Crippen LogP contribution >= 0.6 is 23.1 Å². The Kier molecular flexibility index (Phi) is 5.75. The lowest BCUT2D eigenvalue weighted by Gasteiger charge is -2.28. The molecule has 1 saturated heterocycles. The third-order valence-corrected chi connectivity index (χ3v) is 6.32. The van der Waals surface area contributed by atoms with Crippen LogP contribution < -0.4 is 4.90 Å². The van der Waals surface area contributed by atoms with Gasteiger partial charge in [0.05, 0.1) is 29.6 Å². The maximum absolute atomic E-state index is 5.51. The molecule has 1 aliphatic heterocycles. The average molecular weight is 402 g/mol. The van der Waals surface area contributed by atoms with Crippen LogP contribution in [0.4, 0.5) is 5.95 Å². The van der Waals surface area contributed by atoms with Crippen LogP contribution in [-0.2, 0) is 16.9 Å². The predicted molar refractivity (Wildman–Crippen MR) is 110 cm³/mol. The number of aryl methyl sites for hydroxylation is 2. The molecular formula is C19H23N5OS2. The first-order valence-corrected chi connectivity index (χ1v) is 11.0. The van der Waals surface area contributed by atoms with Gasteiger partial charge in [0, 0.05) is 24.2 Å². The molecular weight excluding hydrogens is 378 g/mol. The Balaban J connectivity index is 1.70. The first kappa shape index (κ1) is 18.5. The zero-order valence-corrected chi connectivity index (χ0v) is 17.2. The van der Waals surface area contributed by atoms with E-state index in [0.717, 1.165) is 66.0 Å². The van der Waals surface area contributed by atoms with Crippen molar-refractivity contribution in [2.24, 2.45) is 0 Å². The van der Waals surface area contributed by atoms with E-state index in [9.17, 15) is 0 Å². The highest BCUT2D eigenvalue weighted by atomic mass is 32.2. The fourth-order valence-corrected chi connectivity index (χ4v) is 4.73. The number of ether oxygens (including phenoxy) is 1. The molecule has 0 atom stereocenters. The maximum Gasteiger partial charge on any atom is 0.232 e. The van der Waals surface area contributed by atoms with Crippen molar-refractivity contribution < 1.29 is 4.74 Å². The van der Waals surface area contributed by atoms with Gasteiger partial charge in [-0.3, -0.25) is 4.57 Å². The molecule has 4 rings (SSSR count). The van der Waals surface area contributed by atoms with Crippen LogP contribution in [0.15, 0.2) is 34.8 Å². The number of morpholine rings is 1. The minimum atomic E-state index is 0.725. The summed E-state index contributed by atoms with van der Waals surface area (Å²) in [6, 6.07) is 8.50. The van der Waals surface area contributed by atoms with Gasteiger partial charge in [-0.1, -0.05) is 36.9 Å². The smallest absolute Gasteiger partial charge is 0.232 e. The highest BCUT2D eigenvalue weighted by molar-refractivity contribution is 7.98. The summed E-state index contributed by atoms with van der Waals surface area (Å²) in [6.45, 7) is 7.34. The number of anilines is 1. The number of hydrogen-bond acceptors (Lipinski definition) is 7. The summed E-state index contributed by atoms with van der Waals surface area (Å²) < 4.78 is 7.72. The van der Waals surface area contributed by atoms with Gasteiger partial charge in [-0.2, -0.15) is 0 Å². The van der Waals surface area contributed by atoms with Crippen molar-refractivity contribution in [1.29, 1.82) is 0 Å². The molecule has 8 heteroatoms. The van der Waals surface area contributed by atoms with E-state index >= 15 is 0 Å². The van der Waals surface area contributed by atoms with E-state index < -0.39 is 0 Å². The van der Waals surface area contributed by atoms with Crippen molar-refractivity contribution >= 4 is 29.0 Å². The molecule has 1 aromatic carbocycles. The fourth-order valence-electron chi connectivity index (χ4n) is 3.18. The maximum atomic E-state index is 5.51. The number of hydrogen-bond donors (Lipinski definition) is 0. The van der Waals surface area contributed by atoms with Gasteiger partial charge in [0.2, 0.25) is 5.95 Å². The van der Waals surface area contributed by atoms with E-state index in [2.05, 4.69) is 61.2 Å². The normalized spacial score (nSPS) is 14.7. The number of benzene rings is 1. The lowest BCUT2D eigenvalue weighted by atomic mass is 10.1. The van der Waals surface area contributed by atoms with E-state index in [-0.39, 0.29) is 0 Å². The van der Waals surface area contributed by atoms with Gasteiger partial charge in [0.25, 0.3) is 0 Å². The van der Waals surface area contributed by atoms with Crippen molar-refractivity contribution in [3.8, 4) is 5.69 Å². The standard InChI is InChI=1S/C19H23N5OS2/c1-3-15-6-4-5-7-17(15)24-18(23-8-10-25-11-9-23)21-22-19(24)27-13-16-12-26-14(2)20-16/h4-7,12H,3,8-11,13H2,1-2H3. The second-order valence-corrected chi connectivity index (χ2v) is 8.35. The monoisotopic (exact) mass is 401 g/mol. The Morgan fingerprint density at radius 3 is 2.74 bits per heavy atom. The van der Waals surface area contributed by atoms with E-state index in [4.69, 9.17) is 4.74 Å². The van der Waals surface area contributed by atoms with Crippen LogP contribution in [0.2, 0.25) is 0 Å². The van der Waals surface area contributed by atoms with Gasteiger partial charge >= 0.3 is 0 Å². The number of thiazole rings is 1. The number of aromatic nitrogens is 4. The molecule has 0 amide bonds. The molecule has 2 aromatic heterocycles. The highest BCUT2D eigenvalue weighted by Crippen LogP contribution is 2.31. The van der Waals surface area contributed by atoms with Crippen molar-refractivity contribution in [3.05, 3.63) is 45.9 Å². The summed E-state index contributed by atoms with van der Waals surface area (Å²) in [5.74, 6) is 1.69. The third kappa shape index (κ3) is 4.02. The summed E-state index contributed by atoms with van der Waals surface area (Å²) in [7, 11) is 0. The van der Waals surface area contributed by atoms with Crippen LogP contribution in [0.5, 0.6) is 0 Å². The molecule has 142 valence electrons. The molecule has 1 fully saturated rings. The summed E-state index contributed by atoms with van der Waals surface area (Å²) in [6.07, 6.45) is 0.965. The van der Waals surface area contributed by atoms with Crippen LogP contribution in [0, 0.1) is 6.92 Å². The topological polar surface area (TPSA) is 56.1 Å². The summed E-state index contributed by atoms with van der Waals surface area (Å²) >= 11 is 3.37. The Bertz CT molecular complexity index is 901. The molecule has 0 unspecified atom stereocenters. The molecule has 6 nitrogen and oxygen atoms in total. The minimum absolute atomic E-state index is 0.725. The van der Waals surface area contributed by atoms with Gasteiger partial charge in [0.1, 0.15) is 0 Å². The van der Waals surface area contributed by atoms with Crippen molar-refractivity contribution in [1.82, 2.24) is 19.7 Å². The van der Waals surface area contributed by atoms with Crippen molar-refractivity contribution in [2.45, 2.75) is 31.2 Å². The Labute approximate surface area is 167 Å². The zero-order chi connectivity index (χ0) is 18.6. The third-order valence-electron chi connectivity index (χ3n) is 4.54. The number of rotatable bonds is 6. The largest absolute Gasteiger partial charge is 0.378 e. The van der Waals surface area contributed by atoms with E-state index in [1.807, 2.05) is 6.92 Å². The summed E-state index contributed by atoms with van der Waals surface area (Å²) in [5.41, 5.74) is 3.54. The second kappa shape index (κ2) is 8.41. The average Bonchev–Trinajstić information content (AvgIpc) is 3.33. The van der Waals surface area contributed by atoms with E-state index in [0.29, 0.717) is 0 Å². The Morgan fingerprint density at radius 1 is 1.19 bits per heavy atom. The molecule has 3 aromatic rings. The molecule has 0 spiro atoms. The molecule has 0 N–H and O–H groups in total. The molecule has 3 heterocycles. The number of nitrogens with zero attached hydrogens (tertiary/aromatic N) is 5. The van der Waals surface area contributed by atoms with E-state index in [1.54, 1.807) is 23.1 Å². The Hall–Kier alpha value is -1.90. The Morgan fingerprint density at radius 2 is 2.00 bits per heavy atom. The molecule has 0 radical (unpaired) electrons. The van der Waals surface area contributed by atoms with Crippen LogP contribution in [0.3, 0.4) is 0 Å². The van der Waals surface area contributed by atoms with E-state index in [1.165, 1.54) is 5.56 Å². The van der Waals surface area contributed by atoms with Crippen LogP contribution in [0.1, 0.15) is 23.2 Å². The quantitative estimate of drug-likeness (QED) is 0.587. The van der Waals surface area contributed by atoms with Crippen molar-refractivity contribution in [3.63, 3.8) is 0 Å². The summed E-state index contributed by atoms with van der Waals surface area (Å²) in [4.78, 5) is 6.84. The number of para-hydroxylation sites is 1. The van der Waals surface area contributed by atoms with Crippen LogP contribution in [-0.4, -0.2) is 46.1 Å².